The minimum atomic E-state index is -0.290. The van der Waals surface area contributed by atoms with E-state index in [0.29, 0.717) is 5.75 Å². The second-order valence-corrected chi connectivity index (χ2v) is 3.07. The van der Waals surface area contributed by atoms with E-state index in [9.17, 15) is 4.79 Å². The maximum absolute atomic E-state index is 10.8. The third kappa shape index (κ3) is 2.81. The summed E-state index contributed by atoms with van der Waals surface area (Å²) in [4.78, 5) is 10.8. The summed E-state index contributed by atoms with van der Waals surface area (Å²) < 4.78 is 5.09. The Morgan fingerprint density at radius 2 is 1.73 bits per heavy atom. The molecule has 72 valence electrons. The number of ether oxygens (including phenoxy) is 1. The molecule has 0 aliphatic rings. The fourth-order valence-corrected chi connectivity index (χ4v) is 1.44. The van der Waals surface area contributed by atoms with Crippen molar-refractivity contribution in [3.63, 3.8) is 0 Å². The summed E-state index contributed by atoms with van der Waals surface area (Å²) in [5.41, 5.74) is 0. The zero-order valence-corrected chi connectivity index (χ0v) is 7.86. The molecule has 0 bridgehead atoms. The van der Waals surface area contributed by atoms with Crippen molar-refractivity contribution in [3.8, 4) is 5.75 Å². The van der Waals surface area contributed by atoms with Crippen LogP contribution in [0.4, 0.5) is 0 Å². The van der Waals surface area contributed by atoms with Crippen molar-refractivity contribution < 1.29 is 9.53 Å². The normalized spacial score (nSPS) is 9.40. The van der Waals surface area contributed by atoms with Gasteiger partial charge in [-0.1, -0.05) is 36.4 Å². The van der Waals surface area contributed by atoms with Gasteiger partial charge in [0.05, 0.1) is 0 Å². The predicted molar refractivity (Wildman–Crippen MR) is 62.4 cm³/mol. The number of hydrogen-bond donors (Lipinski definition) is 0. The molecular formula is C12H11NaO2. The van der Waals surface area contributed by atoms with Gasteiger partial charge in [0.1, 0.15) is 5.75 Å². The van der Waals surface area contributed by atoms with Crippen molar-refractivity contribution in [3.05, 3.63) is 42.5 Å². The third-order valence-electron chi connectivity index (χ3n) is 2.00. The molecule has 0 saturated carbocycles. The van der Waals surface area contributed by atoms with Crippen LogP contribution in [-0.4, -0.2) is 35.5 Å². The van der Waals surface area contributed by atoms with Gasteiger partial charge in [0, 0.05) is 12.3 Å². The van der Waals surface area contributed by atoms with E-state index in [1.54, 1.807) is 6.07 Å². The van der Waals surface area contributed by atoms with E-state index >= 15 is 0 Å². The Labute approximate surface area is 111 Å². The molecule has 0 heterocycles. The summed E-state index contributed by atoms with van der Waals surface area (Å²) in [6.07, 6.45) is 0. The average molecular weight is 210 g/mol. The Hall–Kier alpha value is -0.830. The molecule has 2 aromatic rings. The van der Waals surface area contributed by atoms with Crippen LogP contribution in [0, 0.1) is 0 Å². The Morgan fingerprint density at radius 1 is 1.07 bits per heavy atom. The van der Waals surface area contributed by atoms with Crippen LogP contribution in [0.15, 0.2) is 42.5 Å². The number of rotatable bonds is 1. The van der Waals surface area contributed by atoms with E-state index in [0.717, 1.165) is 10.8 Å². The molecule has 0 radical (unpaired) electrons. The molecule has 0 atom stereocenters. The van der Waals surface area contributed by atoms with Crippen LogP contribution in [0.3, 0.4) is 0 Å². The summed E-state index contributed by atoms with van der Waals surface area (Å²) >= 11 is 0. The maximum atomic E-state index is 10.8. The number of esters is 1. The third-order valence-corrected chi connectivity index (χ3v) is 2.00. The SMILES string of the molecule is CC(=O)Oc1cccc2ccccc12.[NaH]. The molecule has 0 aliphatic heterocycles. The average Bonchev–Trinajstić information content (AvgIpc) is 2.18. The van der Waals surface area contributed by atoms with Gasteiger partial charge in [-0.15, -0.1) is 0 Å². The van der Waals surface area contributed by atoms with Crippen LogP contribution in [0.2, 0.25) is 0 Å². The van der Waals surface area contributed by atoms with E-state index in [-0.39, 0.29) is 35.5 Å². The van der Waals surface area contributed by atoms with E-state index in [4.69, 9.17) is 4.74 Å². The van der Waals surface area contributed by atoms with Gasteiger partial charge < -0.3 is 4.74 Å². The molecule has 0 saturated heterocycles. The molecule has 0 aromatic heterocycles. The Bertz CT molecular complexity index is 475. The van der Waals surface area contributed by atoms with Crippen LogP contribution >= 0.6 is 0 Å². The van der Waals surface area contributed by atoms with Crippen LogP contribution in [0.1, 0.15) is 6.92 Å². The van der Waals surface area contributed by atoms with Crippen LogP contribution < -0.4 is 4.74 Å². The van der Waals surface area contributed by atoms with Crippen molar-refractivity contribution in [1.82, 2.24) is 0 Å². The van der Waals surface area contributed by atoms with E-state index in [1.807, 2.05) is 36.4 Å². The molecule has 2 nitrogen and oxygen atoms in total. The molecule has 2 rings (SSSR count). The standard InChI is InChI=1S/C12H10O2.Na.H/c1-9(13)14-12-8-4-6-10-5-2-3-7-11(10)12;;/h2-8H,1H3;;. The van der Waals surface area contributed by atoms with Gasteiger partial charge in [-0.3, -0.25) is 4.79 Å². The Balaban J connectivity index is 0.00000112. The molecule has 0 amide bonds. The minimum absolute atomic E-state index is 0. The zero-order valence-electron chi connectivity index (χ0n) is 7.86. The van der Waals surface area contributed by atoms with Crippen molar-refractivity contribution in [2.75, 3.05) is 0 Å². The molecular weight excluding hydrogens is 199 g/mol. The summed E-state index contributed by atoms with van der Waals surface area (Å²) in [5.74, 6) is 0.331. The second kappa shape index (κ2) is 5.31. The van der Waals surface area contributed by atoms with Crippen LogP contribution in [0.25, 0.3) is 10.8 Å². The molecule has 0 spiro atoms. The van der Waals surface area contributed by atoms with Gasteiger partial charge >= 0.3 is 35.5 Å². The van der Waals surface area contributed by atoms with Gasteiger partial charge in [-0.25, -0.2) is 0 Å². The molecule has 15 heavy (non-hydrogen) atoms. The number of hydrogen-bond acceptors (Lipinski definition) is 2. The molecule has 0 unspecified atom stereocenters. The number of carbonyl (C=O) groups excluding carboxylic acids is 1. The first-order valence-electron chi connectivity index (χ1n) is 4.43. The van der Waals surface area contributed by atoms with Crippen molar-refractivity contribution in [2.45, 2.75) is 6.92 Å². The fraction of sp³-hybridized carbons (Fsp3) is 0.0833. The second-order valence-electron chi connectivity index (χ2n) is 3.07. The molecule has 0 fully saturated rings. The number of benzene rings is 2. The fourth-order valence-electron chi connectivity index (χ4n) is 1.44. The molecule has 2 aromatic carbocycles. The summed E-state index contributed by atoms with van der Waals surface area (Å²) in [6.45, 7) is 1.40. The Morgan fingerprint density at radius 3 is 2.47 bits per heavy atom. The number of carbonyl (C=O) groups is 1. The van der Waals surface area contributed by atoms with Crippen molar-refractivity contribution in [1.29, 1.82) is 0 Å². The summed E-state index contributed by atoms with van der Waals surface area (Å²) in [7, 11) is 0. The zero-order chi connectivity index (χ0) is 9.97. The quantitative estimate of drug-likeness (QED) is 0.409. The van der Waals surface area contributed by atoms with Gasteiger partial charge in [0.15, 0.2) is 0 Å². The predicted octanol–water partition coefficient (Wildman–Crippen LogP) is 2.12. The van der Waals surface area contributed by atoms with E-state index in [2.05, 4.69) is 0 Å². The van der Waals surface area contributed by atoms with E-state index < -0.39 is 0 Å². The van der Waals surface area contributed by atoms with Crippen LogP contribution in [-0.2, 0) is 4.79 Å². The van der Waals surface area contributed by atoms with E-state index in [1.165, 1.54) is 6.92 Å². The van der Waals surface area contributed by atoms with Crippen molar-refractivity contribution >= 4 is 46.3 Å². The first kappa shape index (κ1) is 12.2. The first-order valence-corrected chi connectivity index (χ1v) is 4.43. The molecule has 0 N–H and O–H groups in total. The topological polar surface area (TPSA) is 26.3 Å². The molecule has 0 aliphatic carbocycles. The van der Waals surface area contributed by atoms with Crippen LogP contribution in [0.5, 0.6) is 5.75 Å². The van der Waals surface area contributed by atoms with Crippen molar-refractivity contribution in [2.24, 2.45) is 0 Å². The van der Waals surface area contributed by atoms with Gasteiger partial charge in [-0.05, 0) is 11.5 Å². The molecule has 3 heteroatoms. The van der Waals surface area contributed by atoms with Gasteiger partial charge in [0.2, 0.25) is 0 Å². The number of fused-ring (bicyclic) bond motifs is 1. The summed E-state index contributed by atoms with van der Waals surface area (Å²) in [5, 5.41) is 2.04. The Kier molecular flexibility index (Phi) is 4.33. The van der Waals surface area contributed by atoms with Gasteiger partial charge in [0.25, 0.3) is 0 Å². The first-order chi connectivity index (χ1) is 6.77. The monoisotopic (exact) mass is 210 g/mol. The van der Waals surface area contributed by atoms with Gasteiger partial charge in [-0.2, -0.15) is 0 Å². The summed E-state index contributed by atoms with van der Waals surface area (Å²) in [6, 6.07) is 13.5.